The van der Waals surface area contributed by atoms with E-state index in [0.717, 1.165) is 36.4 Å². The lowest BCUT2D eigenvalue weighted by Gasteiger charge is -2.37. The van der Waals surface area contributed by atoms with Crippen molar-refractivity contribution in [2.24, 2.45) is 11.8 Å². The Kier molecular flexibility index (Phi) is 7.24. The number of hydrogen-bond donors (Lipinski definition) is 2. The molecule has 0 saturated carbocycles. The summed E-state index contributed by atoms with van der Waals surface area (Å²) in [4.78, 5) is 11.5. The summed E-state index contributed by atoms with van der Waals surface area (Å²) in [6.07, 6.45) is 6.72. The maximum Gasteiger partial charge on any atom is 0.227 e. The molecule has 1 aromatic carbocycles. The third kappa shape index (κ3) is 5.13. The van der Waals surface area contributed by atoms with E-state index in [1.807, 2.05) is 19.1 Å². The second kappa shape index (κ2) is 9.90. The van der Waals surface area contributed by atoms with Gasteiger partial charge in [0, 0.05) is 23.1 Å². The molecule has 0 radical (unpaired) electrons. The standard InChI is InChI=1S/C22H28Cl3N5/c1-14(18-5-4-17(23)11-19(18)24)28-21-20(25)13-27-22(29-21)30-9-6-15(7-10-30)16-3-2-8-26-12-16/h4-5,11,13-16,26H,2-3,6-10,12H2,1H3,(H,27,28,29)/t14-,16?/m1/s1. The van der Waals surface area contributed by atoms with Crippen LogP contribution in [0.5, 0.6) is 0 Å². The number of hydrogen-bond acceptors (Lipinski definition) is 5. The van der Waals surface area contributed by atoms with Crippen molar-refractivity contribution in [3.05, 3.63) is 45.0 Å². The molecular formula is C22H28Cl3N5. The Hall–Kier alpha value is -1.27. The smallest absolute Gasteiger partial charge is 0.227 e. The lowest BCUT2D eigenvalue weighted by atomic mass is 9.80. The molecule has 8 heteroatoms. The third-order valence-corrected chi connectivity index (χ3v) is 7.18. The van der Waals surface area contributed by atoms with E-state index in [4.69, 9.17) is 39.8 Å². The minimum absolute atomic E-state index is 0.0699. The number of nitrogens with one attached hydrogen (secondary N) is 2. The Morgan fingerprint density at radius 1 is 1.10 bits per heavy atom. The van der Waals surface area contributed by atoms with Crippen LogP contribution in [0.4, 0.5) is 11.8 Å². The van der Waals surface area contributed by atoms with Crippen LogP contribution in [0.1, 0.15) is 44.2 Å². The predicted octanol–water partition coefficient (Wildman–Crippen LogP) is 5.83. The Bertz CT molecular complexity index is 864. The molecule has 5 nitrogen and oxygen atoms in total. The fraction of sp³-hybridized carbons (Fsp3) is 0.545. The summed E-state index contributed by atoms with van der Waals surface area (Å²) in [7, 11) is 0. The molecule has 0 amide bonds. The average Bonchev–Trinajstić information content (AvgIpc) is 2.76. The van der Waals surface area contributed by atoms with Gasteiger partial charge >= 0.3 is 0 Å². The van der Waals surface area contributed by atoms with Gasteiger partial charge in [0.15, 0.2) is 5.82 Å². The first-order chi connectivity index (χ1) is 14.5. The molecule has 0 bridgehead atoms. The molecule has 1 unspecified atom stereocenters. The first kappa shape index (κ1) is 21.9. The zero-order valence-corrected chi connectivity index (χ0v) is 19.4. The van der Waals surface area contributed by atoms with Gasteiger partial charge in [-0.05, 0) is 75.2 Å². The Labute approximate surface area is 193 Å². The van der Waals surface area contributed by atoms with E-state index in [0.29, 0.717) is 20.9 Å². The molecule has 2 saturated heterocycles. The van der Waals surface area contributed by atoms with Crippen molar-refractivity contribution in [3.8, 4) is 0 Å². The fourth-order valence-electron chi connectivity index (χ4n) is 4.60. The first-order valence-electron chi connectivity index (χ1n) is 10.7. The van der Waals surface area contributed by atoms with Crippen molar-refractivity contribution in [1.82, 2.24) is 15.3 Å². The van der Waals surface area contributed by atoms with Crippen LogP contribution in [0.2, 0.25) is 15.1 Å². The second-order valence-electron chi connectivity index (χ2n) is 8.33. The van der Waals surface area contributed by atoms with Gasteiger partial charge in [-0.3, -0.25) is 0 Å². The van der Waals surface area contributed by atoms with Crippen LogP contribution in [0.15, 0.2) is 24.4 Å². The van der Waals surface area contributed by atoms with Crippen molar-refractivity contribution in [2.45, 2.75) is 38.6 Å². The highest BCUT2D eigenvalue weighted by molar-refractivity contribution is 6.35. The van der Waals surface area contributed by atoms with Gasteiger partial charge in [-0.15, -0.1) is 0 Å². The van der Waals surface area contributed by atoms with Crippen molar-refractivity contribution in [3.63, 3.8) is 0 Å². The first-order valence-corrected chi connectivity index (χ1v) is 11.8. The summed E-state index contributed by atoms with van der Waals surface area (Å²) in [6.45, 7) is 6.34. The number of halogens is 3. The molecule has 1 aromatic heterocycles. The van der Waals surface area contributed by atoms with Crippen LogP contribution in [0.3, 0.4) is 0 Å². The highest BCUT2D eigenvalue weighted by Crippen LogP contribution is 2.33. The number of anilines is 2. The highest BCUT2D eigenvalue weighted by Gasteiger charge is 2.28. The molecule has 0 aliphatic carbocycles. The molecule has 2 fully saturated rings. The predicted molar refractivity (Wildman–Crippen MR) is 126 cm³/mol. The van der Waals surface area contributed by atoms with Gasteiger partial charge in [0.25, 0.3) is 0 Å². The van der Waals surface area contributed by atoms with Gasteiger partial charge in [0.2, 0.25) is 5.95 Å². The van der Waals surface area contributed by atoms with Gasteiger partial charge in [0.1, 0.15) is 5.02 Å². The number of benzene rings is 1. The van der Waals surface area contributed by atoms with E-state index in [1.165, 1.54) is 38.8 Å². The fourth-order valence-corrected chi connectivity index (χ4v) is 5.32. The minimum Gasteiger partial charge on any atom is -0.362 e. The van der Waals surface area contributed by atoms with Crippen LogP contribution in [0, 0.1) is 11.8 Å². The highest BCUT2D eigenvalue weighted by atomic mass is 35.5. The monoisotopic (exact) mass is 467 g/mol. The van der Waals surface area contributed by atoms with E-state index in [9.17, 15) is 0 Å². The molecule has 0 spiro atoms. The summed E-state index contributed by atoms with van der Waals surface area (Å²) in [6, 6.07) is 5.43. The van der Waals surface area contributed by atoms with Crippen LogP contribution in [-0.2, 0) is 0 Å². The van der Waals surface area contributed by atoms with Crippen LogP contribution >= 0.6 is 34.8 Å². The summed E-state index contributed by atoms with van der Waals surface area (Å²) in [5, 5.41) is 8.66. The van der Waals surface area contributed by atoms with Crippen LogP contribution in [0.25, 0.3) is 0 Å². The van der Waals surface area contributed by atoms with Crippen molar-refractivity contribution in [1.29, 1.82) is 0 Å². The Balaban J connectivity index is 1.42. The maximum absolute atomic E-state index is 6.39. The van der Waals surface area contributed by atoms with Gasteiger partial charge in [-0.25, -0.2) is 4.98 Å². The van der Waals surface area contributed by atoms with E-state index < -0.39 is 0 Å². The minimum atomic E-state index is -0.0699. The van der Waals surface area contributed by atoms with Crippen LogP contribution in [-0.4, -0.2) is 36.1 Å². The lowest BCUT2D eigenvalue weighted by Crippen LogP contribution is -2.41. The Morgan fingerprint density at radius 2 is 1.90 bits per heavy atom. The van der Waals surface area contributed by atoms with Gasteiger partial charge in [-0.2, -0.15) is 4.98 Å². The van der Waals surface area contributed by atoms with Crippen molar-refractivity contribution in [2.75, 3.05) is 36.4 Å². The number of piperidine rings is 2. The topological polar surface area (TPSA) is 53.1 Å². The quantitative estimate of drug-likeness (QED) is 0.578. The van der Waals surface area contributed by atoms with E-state index >= 15 is 0 Å². The van der Waals surface area contributed by atoms with Gasteiger partial charge in [-0.1, -0.05) is 40.9 Å². The summed E-state index contributed by atoms with van der Waals surface area (Å²) >= 11 is 18.8. The second-order valence-corrected chi connectivity index (χ2v) is 9.58. The van der Waals surface area contributed by atoms with E-state index in [2.05, 4.69) is 20.5 Å². The maximum atomic E-state index is 6.39. The molecule has 3 heterocycles. The molecule has 4 rings (SSSR count). The molecule has 30 heavy (non-hydrogen) atoms. The largest absolute Gasteiger partial charge is 0.362 e. The van der Waals surface area contributed by atoms with E-state index in [1.54, 1.807) is 12.3 Å². The summed E-state index contributed by atoms with van der Waals surface area (Å²) in [5.74, 6) is 2.97. The zero-order chi connectivity index (χ0) is 21.1. The number of rotatable bonds is 5. The molecule has 2 aromatic rings. The number of aromatic nitrogens is 2. The molecular weight excluding hydrogens is 441 g/mol. The molecule has 2 aliphatic heterocycles. The van der Waals surface area contributed by atoms with Crippen LogP contribution < -0.4 is 15.5 Å². The zero-order valence-electron chi connectivity index (χ0n) is 17.2. The van der Waals surface area contributed by atoms with E-state index in [-0.39, 0.29) is 6.04 Å². The molecule has 2 aliphatic rings. The summed E-state index contributed by atoms with van der Waals surface area (Å²) in [5.41, 5.74) is 0.944. The van der Waals surface area contributed by atoms with Gasteiger partial charge in [0.05, 0.1) is 12.2 Å². The van der Waals surface area contributed by atoms with Crippen molar-refractivity contribution < 1.29 is 0 Å². The lowest BCUT2D eigenvalue weighted by molar-refractivity contribution is 0.226. The number of nitrogens with zero attached hydrogens (tertiary/aromatic N) is 3. The van der Waals surface area contributed by atoms with Crippen molar-refractivity contribution >= 4 is 46.6 Å². The van der Waals surface area contributed by atoms with Gasteiger partial charge < -0.3 is 15.5 Å². The third-order valence-electron chi connectivity index (χ3n) is 6.34. The molecule has 2 atom stereocenters. The molecule has 2 N–H and O–H groups in total. The normalized spacial score (nSPS) is 21.5. The Morgan fingerprint density at radius 3 is 2.60 bits per heavy atom. The SMILES string of the molecule is C[C@@H](Nc1nc(N2CCC(C3CCCNC3)CC2)ncc1Cl)c1ccc(Cl)cc1Cl. The summed E-state index contributed by atoms with van der Waals surface area (Å²) < 4.78 is 0. The molecule has 162 valence electrons. The average molecular weight is 469 g/mol.